The number of benzene rings is 1. The summed E-state index contributed by atoms with van der Waals surface area (Å²) in [6.45, 7) is 0. The fraction of sp³-hybridized carbons (Fsp3) is 0.273. The summed E-state index contributed by atoms with van der Waals surface area (Å²) in [6, 6.07) is 7.06. The summed E-state index contributed by atoms with van der Waals surface area (Å²) < 4.78 is 3.02. The van der Waals surface area contributed by atoms with Crippen molar-refractivity contribution in [3.05, 3.63) is 24.3 Å². The SMILES string of the molecule is Nc1ccccc1SNC1CCC(=O)NC1=O. The van der Waals surface area contributed by atoms with Crippen molar-refractivity contribution in [2.75, 3.05) is 5.73 Å². The summed E-state index contributed by atoms with van der Waals surface area (Å²) in [6.07, 6.45) is 0.888. The third-order valence-electron chi connectivity index (χ3n) is 2.47. The number of imide groups is 1. The summed E-state index contributed by atoms with van der Waals surface area (Å²) in [7, 11) is 0. The first kappa shape index (κ1) is 11.9. The van der Waals surface area contributed by atoms with E-state index in [0.717, 1.165) is 4.90 Å². The minimum absolute atomic E-state index is 0.211. The molecule has 6 heteroatoms. The predicted octanol–water partition coefficient (Wildman–Crippen LogP) is 0.671. The van der Waals surface area contributed by atoms with E-state index in [2.05, 4.69) is 10.0 Å². The van der Waals surface area contributed by atoms with Crippen LogP contribution >= 0.6 is 11.9 Å². The Labute approximate surface area is 103 Å². The lowest BCUT2D eigenvalue weighted by molar-refractivity contribution is -0.134. The molecule has 1 atom stereocenters. The van der Waals surface area contributed by atoms with Crippen LogP contribution in [-0.4, -0.2) is 17.9 Å². The van der Waals surface area contributed by atoms with Crippen molar-refractivity contribution in [1.29, 1.82) is 0 Å². The normalized spacial score (nSPS) is 20.1. The summed E-state index contributed by atoms with van der Waals surface area (Å²) in [5.74, 6) is -0.486. The van der Waals surface area contributed by atoms with Crippen LogP contribution in [0.5, 0.6) is 0 Å². The molecule has 5 nitrogen and oxygen atoms in total. The Morgan fingerprint density at radius 3 is 2.82 bits per heavy atom. The number of nitrogens with two attached hydrogens (primary N) is 1. The van der Waals surface area contributed by atoms with Crippen molar-refractivity contribution in [1.82, 2.24) is 10.0 Å². The molecule has 1 fully saturated rings. The number of hydrogen-bond acceptors (Lipinski definition) is 5. The zero-order valence-electron chi connectivity index (χ0n) is 9.10. The fourth-order valence-electron chi connectivity index (χ4n) is 1.51. The predicted molar refractivity (Wildman–Crippen MR) is 66.0 cm³/mol. The molecule has 1 aliphatic heterocycles. The first-order valence-corrected chi connectivity index (χ1v) is 6.09. The van der Waals surface area contributed by atoms with Crippen LogP contribution in [0.3, 0.4) is 0 Å². The molecule has 0 aromatic heterocycles. The first-order valence-electron chi connectivity index (χ1n) is 5.27. The maximum absolute atomic E-state index is 11.5. The molecule has 1 heterocycles. The number of carbonyl (C=O) groups is 2. The van der Waals surface area contributed by atoms with E-state index in [1.165, 1.54) is 11.9 Å². The van der Waals surface area contributed by atoms with Gasteiger partial charge in [0, 0.05) is 17.0 Å². The van der Waals surface area contributed by atoms with Crippen LogP contribution < -0.4 is 15.8 Å². The molecule has 0 spiro atoms. The van der Waals surface area contributed by atoms with Crippen LogP contribution in [0.25, 0.3) is 0 Å². The third kappa shape index (κ3) is 2.98. The van der Waals surface area contributed by atoms with E-state index in [1.54, 1.807) is 6.07 Å². The molecular weight excluding hydrogens is 238 g/mol. The molecule has 0 bridgehead atoms. The minimum Gasteiger partial charge on any atom is -0.398 e. The smallest absolute Gasteiger partial charge is 0.244 e. The topological polar surface area (TPSA) is 84.2 Å². The van der Waals surface area contributed by atoms with Gasteiger partial charge in [-0.2, -0.15) is 0 Å². The second-order valence-electron chi connectivity index (χ2n) is 3.76. The van der Waals surface area contributed by atoms with Crippen LogP contribution in [0, 0.1) is 0 Å². The number of rotatable bonds is 3. The molecule has 0 aliphatic carbocycles. The maximum Gasteiger partial charge on any atom is 0.244 e. The van der Waals surface area contributed by atoms with Crippen molar-refractivity contribution < 1.29 is 9.59 Å². The number of nitrogen functional groups attached to an aromatic ring is 1. The van der Waals surface area contributed by atoms with Crippen LogP contribution in [0.4, 0.5) is 5.69 Å². The van der Waals surface area contributed by atoms with Gasteiger partial charge in [-0.05, 0) is 30.5 Å². The first-order chi connectivity index (χ1) is 8.16. The Morgan fingerprint density at radius 2 is 2.12 bits per heavy atom. The van der Waals surface area contributed by atoms with Crippen molar-refractivity contribution in [3.63, 3.8) is 0 Å². The Morgan fingerprint density at radius 1 is 1.35 bits per heavy atom. The average Bonchev–Trinajstić information content (AvgIpc) is 2.30. The highest BCUT2D eigenvalue weighted by Gasteiger charge is 2.26. The fourth-order valence-corrected chi connectivity index (χ4v) is 2.34. The van der Waals surface area contributed by atoms with Gasteiger partial charge in [-0.1, -0.05) is 12.1 Å². The molecule has 17 heavy (non-hydrogen) atoms. The highest BCUT2D eigenvalue weighted by molar-refractivity contribution is 7.97. The van der Waals surface area contributed by atoms with Crippen molar-refractivity contribution in [3.8, 4) is 0 Å². The van der Waals surface area contributed by atoms with Crippen molar-refractivity contribution >= 4 is 29.4 Å². The third-order valence-corrected chi connectivity index (χ3v) is 3.46. The van der Waals surface area contributed by atoms with E-state index in [1.807, 2.05) is 18.2 Å². The van der Waals surface area contributed by atoms with E-state index in [0.29, 0.717) is 18.5 Å². The van der Waals surface area contributed by atoms with E-state index >= 15 is 0 Å². The maximum atomic E-state index is 11.5. The van der Waals surface area contributed by atoms with Crippen molar-refractivity contribution in [2.45, 2.75) is 23.8 Å². The van der Waals surface area contributed by atoms with E-state index in [-0.39, 0.29) is 17.9 Å². The number of para-hydroxylation sites is 1. The summed E-state index contributed by atoms with van der Waals surface area (Å²) >= 11 is 1.31. The van der Waals surface area contributed by atoms with Crippen LogP contribution in [0.15, 0.2) is 29.2 Å². The zero-order valence-corrected chi connectivity index (χ0v) is 9.92. The highest BCUT2D eigenvalue weighted by atomic mass is 32.2. The van der Waals surface area contributed by atoms with Crippen LogP contribution in [0.2, 0.25) is 0 Å². The summed E-state index contributed by atoms with van der Waals surface area (Å²) in [5.41, 5.74) is 6.44. The number of anilines is 1. The Bertz CT molecular complexity index is 450. The molecule has 2 rings (SSSR count). The second kappa shape index (κ2) is 5.20. The number of piperidine rings is 1. The van der Waals surface area contributed by atoms with Gasteiger partial charge in [0.05, 0.1) is 6.04 Å². The molecule has 90 valence electrons. The lowest BCUT2D eigenvalue weighted by Crippen LogP contribution is -2.48. The van der Waals surface area contributed by atoms with E-state index < -0.39 is 0 Å². The van der Waals surface area contributed by atoms with Gasteiger partial charge in [-0.25, -0.2) is 4.72 Å². The molecule has 1 aromatic rings. The van der Waals surface area contributed by atoms with Gasteiger partial charge in [0.2, 0.25) is 11.8 Å². The molecule has 0 radical (unpaired) electrons. The number of nitrogens with one attached hydrogen (secondary N) is 2. The van der Waals surface area contributed by atoms with Gasteiger partial charge in [-0.3, -0.25) is 14.9 Å². The van der Waals surface area contributed by atoms with Gasteiger partial charge in [0.1, 0.15) is 0 Å². The molecule has 0 saturated carbocycles. The Kier molecular flexibility index (Phi) is 3.65. The van der Waals surface area contributed by atoms with Crippen molar-refractivity contribution in [2.24, 2.45) is 0 Å². The number of amides is 2. The molecule has 4 N–H and O–H groups in total. The van der Waals surface area contributed by atoms with Gasteiger partial charge >= 0.3 is 0 Å². The van der Waals surface area contributed by atoms with Gasteiger partial charge in [0.15, 0.2) is 0 Å². The number of carbonyl (C=O) groups excluding carboxylic acids is 2. The minimum atomic E-state index is -0.350. The monoisotopic (exact) mass is 251 g/mol. The van der Waals surface area contributed by atoms with Crippen LogP contribution in [-0.2, 0) is 9.59 Å². The lowest BCUT2D eigenvalue weighted by Gasteiger charge is -2.21. The number of hydrogen-bond donors (Lipinski definition) is 3. The average molecular weight is 251 g/mol. The second-order valence-corrected chi connectivity index (χ2v) is 4.64. The largest absolute Gasteiger partial charge is 0.398 e. The van der Waals surface area contributed by atoms with Gasteiger partial charge in [-0.15, -0.1) is 0 Å². The lowest BCUT2D eigenvalue weighted by atomic mass is 10.1. The standard InChI is InChI=1S/C11H13N3O2S/c12-7-3-1-2-4-9(7)17-14-8-5-6-10(15)13-11(8)16/h1-4,8,14H,5-6,12H2,(H,13,15,16). The highest BCUT2D eigenvalue weighted by Crippen LogP contribution is 2.23. The van der Waals surface area contributed by atoms with E-state index in [4.69, 9.17) is 5.73 Å². The van der Waals surface area contributed by atoms with Crippen LogP contribution in [0.1, 0.15) is 12.8 Å². The molecular formula is C11H13N3O2S. The van der Waals surface area contributed by atoms with Gasteiger partial charge in [0.25, 0.3) is 0 Å². The summed E-state index contributed by atoms with van der Waals surface area (Å²) in [5, 5.41) is 2.30. The molecule has 2 amide bonds. The van der Waals surface area contributed by atoms with Gasteiger partial charge < -0.3 is 5.73 Å². The molecule has 1 unspecified atom stereocenters. The summed E-state index contributed by atoms with van der Waals surface area (Å²) in [4.78, 5) is 23.3. The molecule has 1 aromatic carbocycles. The Balaban J connectivity index is 1.92. The molecule has 1 saturated heterocycles. The quantitative estimate of drug-likeness (QED) is 0.418. The Hall–Kier alpha value is -1.53. The van der Waals surface area contributed by atoms with E-state index in [9.17, 15) is 9.59 Å². The molecule has 1 aliphatic rings. The zero-order chi connectivity index (χ0) is 12.3.